The van der Waals surface area contributed by atoms with Crippen molar-refractivity contribution in [3.05, 3.63) is 29.8 Å². The number of benzene rings is 1. The summed E-state index contributed by atoms with van der Waals surface area (Å²) in [4.78, 5) is 10.9. The Kier molecular flexibility index (Phi) is 2.49. The lowest BCUT2D eigenvalue weighted by Crippen LogP contribution is -2.32. The first-order valence-electron chi connectivity index (χ1n) is 5.16. The van der Waals surface area contributed by atoms with Crippen LogP contribution in [-0.2, 0) is 10.3 Å². The second-order valence-corrected chi connectivity index (χ2v) is 4.18. The molecule has 0 aromatic heterocycles. The number of carbonyl (C=O) groups is 1. The van der Waals surface area contributed by atoms with E-state index in [1.807, 2.05) is 12.1 Å². The van der Waals surface area contributed by atoms with E-state index in [4.69, 9.17) is 0 Å². The fourth-order valence-electron chi connectivity index (χ4n) is 1.77. The van der Waals surface area contributed by atoms with Crippen LogP contribution in [0.5, 0.6) is 5.75 Å². The number of rotatable bonds is 4. The molecule has 1 fully saturated rings. The fraction of sp³-hybridized carbons (Fsp3) is 0.417. The van der Waals surface area contributed by atoms with E-state index in [0.717, 1.165) is 18.4 Å². The zero-order valence-electron chi connectivity index (χ0n) is 8.79. The van der Waals surface area contributed by atoms with Crippen LogP contribution in [0.4, 0.5) is 0 Å². The summed E-state index contributed by atoms with van der Waals surface area (Å²) in [7, 11) is 0. The molecule has 0 heterocycles. The van der Waals surface area contributed by atoms with Crippen LogP contribution in [0, 0.1) is 0 Å². The summed E-state index contributed by atoms with van der Waals surface area (Å²) in [6, 6.07) is 7.20. The molecule has 0 atom stereocenters. The average Bonchev–Trinajstić information content (AvgIpc) is 2.97. The molecule has 2 rings (SSSR count). The molecule has 0 aliphatic heterocycles. The molecule has 0 spiro atoms. The topological polar surface area (TPSA) is 49.3 Å². The maximum Gasteiger partial charge on any atom is 0.143 e. The van der Waals surface area contributed by atoms with Crippen molar-refractivity contribution < 1.29 is 9.90 Å². The van der Waals surface area contributed by atoms with Crippen LogP contribution in [0.2, 0.25) is 0 Å². The Labute approximate surface area is 89.1 Å². The van der Waals surface area contributed by atoms with E-state index in [2.05, 4.69) is 5.32 Å². The van der Waals surface area contributed by atoms with E-state index in [1.54, 1.807) is 19.1 Å². The third-order valence-electron chi connectivity index (χ3n) is 2.85. The molecule has 1 aliphatic rings. The van der Waals surface area contributed by atoms with Crippen LogP contribution < -0.4 is 5.32 Å². The zero-order chi connectivity index (χ0) is 10.9. The quantitative estimate of drug-likeness (QED) is 0.784. The highest BCUT2D eigenvalue weighted by Crippen LogP contribution is 2.45. The maximum atomic E-state index is 10.9. The van der Waals surface area contributed by atoms with Crippen molar-refractivity contribution in [3.63, 3.8) is 0 Å². The predicted molar refractivity (Wildman–Crippen MR) is 57.7 cm³/mol. The van der Waals surface area contributed by atoms with Gasteiger partial charge in [0.1, 0.15) is 11.5 Å². The summed E-state index contributed by atoms with van der Waals surface area (Å²) in [6.45, 7) is 2.00. The lowest BCUT2D eigenvalue weighted by molar-refractivity contribution is -0.116. The van der Waals surface area contributed by atoms with Crippen molar-refractivity contribution in [1.82, 2.24) is 5.32 Å². The van der Waals surface area contributed by atoms with Gasteiger partial charge in [0, 0.05) is 5.54 Å². The summed E-state index contributed by atoms with van der Waals surface area (Å²) < 4.78 is 0. The smallest absolute Gasteiger partial charge is 0.143 e. The van der Waals surface area contributed by atoms with Crippen LogP contribution in [0.25, 0.3) is 0 Å². The van der Waals surface area contributed by atoms with E-state index in [9.17, 15) is 9.90 Å². The Bertz CT molecular complexity index is 366. The minimum atomic E-state index is -0.0145. The standard InChI is InChI=1S/C12H15NO2/c1-9(14)8-13-12(6-7-12)10-2-4-11(15)5-3-10/h2-5,13,15H,6-8H2,1H3. The molecule has 1 aliphatic carbocycles. The highest BCUT2D eigenvalue weighted by Gasteiger charge is 2.43. The number of hydrogen-bond donors (Lipinski definition) is 2. The van der Waals surface area contributed by atoms with Crippen molar-refractivity contribution in [3.8, 4) is 5.75 Å². The number of Topliss-reactive ketones (excluding diaryl/α,β-unsaturated/α-hetero) is 1. The molecule has 1 aromatic carbocycles. The molecule has 0 saturated heterocycles. The van der Waals surface area contributed by atoms with Gasteiger partial charge in [-0.15, -0.1) is 0 Å². The lowest BCUT2D eigenvalue weighted by Gasteiger charge is -2.16. The molecule has 0 radical (unpaired) electrons. The Hall–Kier alpha value is -1.35. The van der Waals surface area contributed by atoms with E-state index >= 15 is 0 Å². The van der Waals surface area contributed by atoms with Crippen molar-refractivity contribution >= 4 is 5.78 Å². The van der Waals surface area contributed by atoms with Crippen LogP contribution >= 0.6 is 0 Å². The van der Waals surface area contributed by atoms with Gasteiger partial charge in [0.25, 0.3) is 0 Å². The molecule has 1 aromatic rings. The zero-order valence-corrected chi connectivity index (χ0v) is 8.79. The molecule has 3 nitrogen and oxygen atoms in total. The van der Waals surface area contributed by atoms with Crippen molar-refractivity contribution in [2.75, 3.05) is 6.54 Å². The molecular formula is C12H15NO2. The van der Waals surface area contributed by atoms with Crippen LogP contribution in [0.3, 0.4) is 0 Å². The Morgan fingerprint density at radius 3 is 2.47 bits per heavy atom. The van der Waals surface area contributed by atoms with Crippen molar-refractivity contribution in [1.29, 1.82) is 0 Å². The first-order valence-corrected chi connectivity index (χ1v) is 5.16. The van der Waals surface area contributed by atoms with Crippen molar-refractivity contribution in [2.45, 2.75) is 25.3 Å². The van der Waals surface area contributed by atoms with Crippen molar-refractivity contribution in [2.24, 2.45) is 0 Å². The molecule has 2 N–H and O–H groups in total. The number of phenolic OH excluding ortho intramolecular Hbond substituents is 1. The van der Waals surface area contributed by atoms with Gasteiger partial charge >= 0.3 is 0 Å². The first kappa shape index (κ1) is 10.2. The van der Waals surface area contributed by atoms with Gasteiger partial charge < -0.3 is 10.4 Å². The third kappa shape index (κ3) is 2.18. The highest BCUT2D eigenvalue weighted by molar-refractivity contribution is 5.77. The number of carbonyl (C=O) groups excluding carboxylic acids is 1. The van der Waals surface area contributed by atoms with Gasteiger partial charge in [-0.1, -0.05) is 12.1 Å². The molecule has 15 heavy (non-hydrogen) atoms. The molecule has 0 unspecified atom stereocenters. The SMILES string of the molecule is CC(=O)CNC1(c2ccc(O)cc2)CC1. The largest absolute Gasteiger partial charge is 0.508 e. The number of nitrogens with one attached hydrogen (secondary N) is 1. The number of hydrogen-bond acceptors (Lipinski definition) is 3. The molecular weight excluding hydrogens is 190 g/mol. The summed E-state index contributed by atoms with van der Waals surface area (Å²) in [5.74, 6) is 0.432. The predicted octanol–water partition coefficient (Wildman–Crippen LogP) is 1.56. The molecule has 80 valence electrons. The summed E-state index contributed by atoms with van der Waals surface area (Å²) in [5, 5.41) is 12.5. The van der Waals surface area contributed by atoms with Gasteiger partial charge in [-0.2, -0.15) is 0 Å². The van der Waals surface area contributed by atoms with Crippen LogP contribution in [0.1, 0.15) is 25.3 Å². The second-order valence-electron chi connectivity index (χ2n) is 4.18. The second kappa shape index (κ2) is 3.66. The van der Waals surface area contributed by atoms with Gasteiger partial charge in [0.05, 0.1) is 6.54 Å². The van der Waals surface area contributed by atoms with Gasteiger partial charge in [-0.25, -0.2) is 0 Å². The van der Waals surface area contributed by atoms with Crippen LogP contribution in [-0.4, -0.2) is 17.4 Å². The highest BCUT2D eigenvalue weighted by atomic mass is 16.3. The average molecular weight is 205 g/mol. The molecule has 1 saturated carbocycles. The fourth-order valence-corrected chi connectivity index (χ4v) is 1.77. The lowest BCUT2D eigenvalue weighted by atomic mass is 10.0. The Morgan fingerprint density at radius 2 is 2.00 bits per heavy atom. The Morgan fingerprint density at radius 1 is 1.40 bits per heavy atom. The van der Waals surface area contributed by atoms with Gasteiger partial charge in [0.2, 0.25) is 0 Å². The van der Waals surface area contributed by atoms with E-state index in [0.29, 0.717) is 6.54 Å². The summed E-state index contributed by atoms with van der Waals surface area (Å²) >= 11 is 0. The van der Waals surface area contributed by atoms with E-state index in [1.165, 1.54) is 0 Å². The molecule has 0 bridgehead atoms. The number of ketones is 1. The number of aromatic hydroxyl groups is 1. The van der Waals surface area contributed by atoms with E-state index in [-0.39, 0.29) is 17.1 Å². The Balaban J connectivity index is 2.09. The summed E-state index contributed by atoms with van der Waals surface area (Å²) in [5.41, 5.74) is 1.14. The van der Waals surface area contributed by atoms with E-state index < -0.39 is 0 Å². The normalized spacial score (nSPS) is 17.4. The monoisotopic (exact) mass is 205 g/mol. The number of phenols is 1. The van der Waals surface area contributed by atoms with Gasteiger partial charge in [-0.05, 0) is 37.5 Å². The molecule has 0 amide bonds. The minimum absolute atomic E-state index is 0.0145. The molecule has 3 heteroatoms. The first-order chi connectivity index (χ1) is 7.12. The third-order valence-corrected chi connectivity index (χ3v) is 2.85. The van der Waals surface area contributed by atoms with Crippen LogP contribution in [0.15, 0.2) is 24.3 Å². The minimum Gasteiger partial charge on any atom is -0.508 e. The van der Waals surface area contributed by atoms with Gasteiger partial charge in [-0.3, -0.25) is 4.79 Å². The summed E-state index contributed by atoms with van der Waals surface area (Å²) in [6.07, 6.45) is 2.12. The maximum absolute atomic E-state index is 10.9. The van der Waals surface area contributed by atoms with Gasteiger partial charge in [0.15, 0.2) is 0 Å².